The maximum atomic E-state index is 13.2. The van der Waals surface area contributed by atoms with Crippen molar-refractivity contribution in [2.24, 2.45) is 23.2 Å². The summed E-state index contributed by atoms with van der Waals surface area (Å²) >= 11 is 0. The van der Waals surface area contributed by atoms with Crippen LogP contribution in [-0.2, 0) is 14.3 Å². The van der Waals surface area contributed by atoms with Crippen LogP contribution >= 0.6 is 0 Å². The zero-order valence-electron chi connectivity index (χ0n) is 18.3. The molecule has 4 nitrogen and oxygen atoms in total. The van der Waals surface area contributed by atoms with Crippen molar-refractivity contribution in [1.29, 1.82) is 0 Å². The van der Waals surface area contributed by atoms with Gasteiger partial charge >= 0.3 is 5.97 Å². The molecule has 6 rings (SSSR count). The topological polar surface area (TPSA) is 42.1 Å². The standard InChI is InChI=1S/C26H32FNO3/c1-25-9-2-10-26(16-30-26)23(25)13-20-21(24(29)31-22(20)14-25)15-28-11-7-18(8-12-28)17-3-5-19(27)6-4-17/h3-7,20-23H,2,8-16H2,1H3/t20-,21-,22+,23+,25+,26-/m0/s1. The highest BCUT2D eigenvalue weighted by atomic mass is 19.1. The molecule has 1 aromatic carbocycles. The molecule has 2 aliphatic carbocycles. The first-order valence-electron chi connectivity index (χ1n) is 12.0. The zero-order valence-corrected chi connectivity index (χ0v) is 18.3. The van der Waals surface area contributed by atoms with Gasteiger partial charge in [0, 0.05) is 25.6 Å². The minimum Gasteiger partial charge on any atom is -0.462 e. The fourth-order valence-electron chi connectivity index (χ4n) is 7.25. The lowest BCUT2D eigenvalue weighted by atomic mass is 9.53. The molecule has 3 heterocycles. The molecule has 0 unspecified atom stereocenters. The highest BCUT2D eigenvalue weighted by molar-refractivity contribution is 5.76. The molecule has 0 amide bonds. The van der Waals surface area contributed by atoms with Gasteiger partial charge in [-0.05, 0) is 73.1 Å². The Balaban J connectivity index is 1.15. The molecule has 0 bridgehead atoms. The van der Waals surface area contributed by atoms with Gasteiger partial charge in [0.2, 0.25) is 0 Å². The van der Waals surface area contributed by atoms with Crippen molar-refractivity contribution in [3.05, 3.63) is 41.7 Å². The molecule has 1 aromatic rings. The molecule has 1 spiro atoms. The molecule has 31 heavy (non-hydrogen) atoms. The summed E-state index contributed by atoms with van der Waals surface area (Å²) in [5.74, 6) is 0.686. The first-order chi connectivity index (χ1) is 15.0. The molecule has 6 atom stereocenters. The molecule has 4 fully saturated rings. The van der Waals surface area contributed by atoms with Crippen molar-refractivity contribution in [3.63, 3.8) is 0 Å². The normalized spacial score (nSPS) is 42.0. The molecule has 0 aromatic heterocycles. The van der Waals surface area contributed by atoms with E-state index in [2.05, 4.69) is 17.9 Å². The van der Waals surface area contributed by atoms with Crippen LogP contribution < -0.4 is 0 Å². The number of nitrogens with zero attached hydrogens (tertiary/aromatic N) is 1. The fraction of sp³-hybridized carbons (Fsp3) is 0.654. The van der Waals surface area contributed by atoms with Crippen molar-refractivity contribution in [1.82, 2.24) is 4.90 Å². The molecular formula is C26H32FNO3. The van der Waals surface area contributed by atoms with Gasteiger partial charge in [-0.2, -0.15) is 0 Å². The van der Waals surface area contributed by atoms with Crippen LogP contribution in [0, 0.1) is 29.0 Å². The Bertz CT molecular complexity index is 908. The number of benzene rings is 1. The van der Waals surface area contributed by atoms with Gasteiger partial charge in [0.25, 0.3) is 0 Å². The van der Waals surface area contributed by atoms with E-state index in [1.807, 2.05) is 12.1 Å². The lowest BCUT2D eigenvalue weighted by Crippen LogP contribution is -2.51. The average Bonchev–Trinajstić information content (AvgIpc) is 3.46. The van der Waals surface area contributed by atoms with E-state index >= 15 is 0 Å². The summed E-state index contributed by atoms with van der Waals surface area (Å²) in [4.78, 5) is 15.3. The molecule has 166 valence electrons. The summed E-state index contributed by atoms with van der Waals surface area (Å²) < 4.78 is 25.2. The Kier molecular flexibility index (Phi) is 4.59. The largest absolute Gasteiger partial charge is 0.462 e. The number of carbonyl (C=O) groups excluding carboxylic acids is 1. The Labute approximate surface area is 183 Å². The third kappa shape index (κ3) is 3.36. The third-order valence-corrected chi connectivity index (χ3v) is 9.04. The molecule has 0 N–H and O–H groups in total. The van der Waals surface area contributed by atoms with Crippen molar-refractivity contribution in [3.8, 4) is 0 Å². The molecule has 5 heteroatoms. The molecule has 5 aliphatic rings. The molecule has 2 saturated heterocycles. The number of fused-ring (bicyclic) bond motifs is 3. The monoisotopic (exact) mass is 425 g/mol. The predicted octanol–water partition coefficient (Wildman–Crippen LogP) is 4.44. The number of hydrogen-bond donors (Lipinski definition) is 0. The summed E-state index contributed by atoms with van der Waals surface area (Å²) in [7, 11) is 0. The first-order valence-corrected chi connectivity index (χ1v) is 12.0. The van der Waals surface area contributed by atoms with Gasteiger partial charge in [0.15, 0.2) is 0 Å². The number of epoxide rings is 1. The Morgan fingerprint density at radius 2 is 2.03 bits per heavy atom. The second-order valence-electron chi connectivity index (χ2n) is 10.8. The van der Waals surface area contributed by atoms with Gasteiger partial charge < -0.3 is 9.47 Å². The molecular weight excluding hydrogens is 393 g/mol. The highest BCUT2D eigenvalue weighted by Gasteiger charge is 2.65. The zero-order chi connectivity index (χ0) is 21.2. The van der Waals surface area contributed by atoms with E-state index in [-0.39, 0.29) is 34.8 Å². The summed E-state index contributed by atoms with van der Waals surface area (Å²) in [6.07, 6.45) is 8.98. The van der Waals surface area contributed by atoms with Crippen molar-refractivity contribution in [2.45, 2.75) is 57.2 Å². The SMILES string of the molecule is C[C@]12CCC[C@]3(CO3)[C@@H]1C[C@H]1[C@H](CN3CC=C(c4ccc(F)cc4)CC3)C(=O)O[C@@H]1C2. The first kappa shape index (κ1) is 19.9. The highest BCUT2D eigenvalue weighted by Crippen LogP contribution is 2.62. The summed E-state index contributed by atoms with van der Waals surface area (Å²) in [5.41, 5.74) is 2.72. The predicted molar refractivity (Wildman–Crippen MR) is 116 cm³/mol. The number of esters is 1. The van der Waals surface area contributed by atoms with Gasteiger partial charge in [-0.3, -0.25) is 9.69 Å². The Morgan fingerprint density at radius 1 is 1.23 bits per heavy atom. The van der Waals surface area contributed by atoms with Crippen molar-refractivity contribution < 1.29 is 18.7 Å². The van der Waals surface area contributed by atoms with Crippen molar-refractivity contribution in [2.75, 3.05) is 26.2 Å². The number of halogens is 1. The Hall–Kier alpha value is -1.72. The van der Waals surface area contributed by atoms with E-state index in [0.717, 1.165) is 51.1 Å². The van der Waals surface area contributed by atoms with E-state index in [9.17, 15) is 9.18 Å². The molecule has 0 radical (unpaired) electrons. The number of rotatable bonds is 3. The van der Waals surface area contributed by atoms with E-state index in [1.54, 1.807) is 0 Å². The van der Waals surface area contributed by atoms with Gasteiger partial charge in [-0.25, -0.2) is 4.39 Å². The van der Waals surface area contributed by atoms with Crippen LogP contribution in [-0.4, -0.2) is 48.8 Å². The van der Waals surface area contributed by atoms with Crippen LogP contribution in [0.1, 0.15) is 51.0 Å². The van der Waals surface area contributed by atoms with Gasteiger partial charge in [0.05, 0.1) is 18.1 Å². The van der Waals surface area contributed by atoms with E-state index in [4.69, 9.17) is 9.47 Å². The summed E-state index contributed by atoms with van der Waals surface area (Å²) in [6.45, 7) is 5.86. The fourth-order valence-corrected chi connectivity index (χ4v) is 7.25. The minimum atomic E-state index is -0.198. The Morgan fingerprint density at radius 3 is 2.74 bits per heavy atom. The molecule has 3 aliphatic heterocycles. The van der Waals surface area contributed by atoms with Gasteiger partial charge in [-0.1, -0.05) is 25.1 Å². The number of ether oxygens (including phenoxy) is 2. The van der Waals surface area contributed by atoms with E-state index in [0.29, 0.717) is 11.8 Å². The lowest BCUT2D eigenvalue weighted by Gasteiger charge is -2.51. The van der Waals surface area contributed by atoms with Crippen LogP contribution in [0.5, 0.6) is 0 Å². The van der Waals surface area contributed by atoms with Crippen LogP contribution in [0.25, 0.3) is 5.57 Å². The average molecular weight is 426 g/mol. The number of hydrogen-bond acceptors (Lipinski definition) is 4. The van der Waals surface area contributed by atoms with Crippen LogP contribution in [0.3, 0.4) is 0 Å². The maximum absolute atomic E-state index is 13.2. The van der Waals surface area contributed by atoms with Gasteiger partial charge in [0.1, 0.15) is 11.9 Å². The van der Waals surface area contributed by atoms with Crippen LogP contribution in [0.4, 0.5) is 4.39 Å². The third-order valence-electron chi connectivity index (χ3n) is 9.04. The summed E-state index contributed by atoms with van der Waals surface area (Å²) in [6, 6.07) is 6.76. The minimum absolute atomic E-state index is 0.0105. The van der Waals surface area contributed by atoms with Crippen LogP contribution in [0.2, 0.25) is 0 Å². The van der Waals surface area contributed by atoms with Gasteiger partial charge in [-0.15, -0.1) is 0 Å². The second-order valence-corrected chi connectivity index (χ2v) is 10.8. The van der Waals surface area contributed by atoms with E-state index in [1.165, 1.54) is 37.0 Å². The maximum Gasteiger partial charge on any atom is 0.310 e. The van der Waals surface area contributed by atoms with E-state index < -0.39 is 0 Å². The molecule has 2 saturated carbocycles. The second kappa shape index (κ2) is 7.14. The van der Waals surface area contributed by atoms with Crippen LogP contribution in [0.15, 0.2) is 30.3 Å². The van der Waals surface area contributed by atoms with Crippen molar-refractivity contribution >= 4 is 11.5 Å². The number of carbonyl (C=O) groups is 1. The smallest absolute Gasteiger partial charge is 0.310 e. The summed E-state index contributed by atoms with van der Waals surface area (Å²) in [5, 5.41) is 0. The quantitative estimate of drug-likeness (QED) is 0.530. The lowest BCUT2D eigenvalue weighted by molar-refractivity contribution is -0.147.